The molecule has 1 aromatic carbocycles. The van der Waals surface area contributed by atoms with Crippen LogP contribution in [0.1, 0.15) is 17.0 Å². The molecular weight excluding hydrogens is 285 g/mol. The molecule has 0 saturated heterocycles. The summed E-state index contributed by atoms with van der Waals surface area (Å²) in [5, 5.41) is 6.15. The highest BCUT2D eigenvalue weighted by Gasteiger charge is 2.18. The Morgan fingerprint density at radius 1 is 1.45 bits per heavy atom. The van der Waals surface area contributed by atoms with Crippen LogP contribution in [0.3, 0.4) is 0 Å². The van der Waals surface area contributed by atoms with Gasteiger partial charge >= 0.3 is 0 Å². The molecule has 20 heavy (non-hydrogen) atoms. The molecule has 0 unspecified atom stereocenters. The molecule has 2 rings (SSSR count). The maximum Gasteiger partial charge on any atom is 0.240 e. The van der Waals surface area contributed by atoms with E-state index < -0.39 is 15.8 Å². The molecule has 1 heterocycles. The molecule has 0 radical (unpaired) electrons. The third-order valence-corrected chi connectivity index (χ3v) is 4.11. The van der Waals surface area contributed by atoms with Gasteiger partial charge in [0.2, 0.25) is 10.0 Å². The molecule has 2 aromatic rings. The van der Waals surface area contributed by atoms with Crippen LogP contribution in [0.5, 0.6) is 0 Å². The molecule has 0 atom stereocenters. The number of aromatic nitrogens is 3. The van der Waals surface area contributed by atoms with E-state index in [4.69, 9.17) is 5.73 Å². The second-order valence-electron chi connectivity index (χ2n) is 4.17. The number of aromatic amines is 1. The van der Waals surface area contributed by atoms with Crippen LogP contribution in [0.2, 0.25) is 0 Å². The fourth-order valence-corrected chi connectivity index (χ4v) is 2.80. The fraction of sp³-hybridized carbons (Fsp3) is 0.273. The van der Waals surface area contributed by atoms with E-state index in [9.17, 15) is 12.8 Å². The monoisotopic (exact) mass is 299 g/mol. The summed E-state index contributed by atoms with van der Waals surface area (Å²) in [5.74, 6) is -0.104. The first-order chi connectivity index (χ1) is 9.44. The van der Waals surface area contributed by atoms with Crippen LogP contribution in [-0.4, -0.2) is 23.6 Å². The van der Waals surface area contributed by atoms with Crippen LogP contribution in [0.15, 0.2) is 23.4 Å². The molecule has 1 aromatic heterocycles. The van der Waals surface area contributed by atoms with Crippen LogP contribution in [0.4, 0.5) is 4.39 Å². The molecule has 9 heteroatoms. The number of halogens is 1. The average molecular weight is 299 g/mol. The van der Waals surface area contributed by atoms with Crippen LogP contribution in [0, 0.1) is 12.7 Å². The first-order valence-electron chi connectivity index (χ1n) is 5.77. The number of nitrogens with zero attached hydrogens (tertiary/aromatic N) is 2. The lowest BCUT2D eigenvalue weighted by Crippen LogP contribution is -2.24. The Morgan fingerprint density at radius 3 is 2.80 bits per heavy atom. The minimum Gasteiger partial charge on any atom is -0.326 e. The van der Waals surface area contributed by atoms with Gasteiger partial charge in [0.1, 0.15) is 18.0 Å². The van der Waals surface area contributed by atoms with Crippen molar-refractivity contribution < 1.29 is 12.8 Å². The third kappa shape index (κ3) is 3.00. The number of hydrogen-bond donors (Lipinski definition) is 3. The minimum absolute atomic E-state index is 0.0310. The summed E-state index contributed by atoms with van der Waals surface area (Å²) in [4.78, 5) is 3.77. The van der Waals surface area contributed by atoms with E-state index in [1.165, 1.54) is 25.4 Å². The van der Waals surface area contributed by atoms with Crippen molar-refractivity contribution in [3.8, 4) is 0 Å². The van der Waals surface area contributed by atoms with E-state index in [0.29, 0.717) is 5.82 Å². The Bertz CT molecular complexity index is 700. The Labute approximate surface area is 115 Å². The van der Waals surface area contributed by atoms with E-state index in [1.807, 2.05) is 0 Å². The van der Waals surface area contributed by atoms with E-state index in [0.717, 1.165) is 0 Å². The largest absolute Gasteiger partial charge is 0.326 e. The zero-order chi connectivity index (χ0) is 14.8. The summed E-state index contributed by atoms with van der Waals surface area (Å²) < 4.78 is 40.3. The third-order valence-electron chi connectivity index (χ3n) is 2.73. The number of nitrogens with two attached hydrogens (primary N) is 1. The SMILES string of the molecule is Cc1cc(S(=O)(=O)NCc2ncn[nH]2)cc(CN)c1F. The minimum atomic E-state index is -3.77. The zero-order valence-corrected chi connectivity index (χ0v) is 11.5. The predicted octanol–water partition coefficient (Wildman–Crippen LogP) is 0.189. The lowest BCUT2D eigenvalue weighted by Gasteiger charge is -2.09. The van der Waals surface area contributed by atoms with E-state index in [1.54, 1.807) is 0 Å². The molecule has 0 fully saturated rings. The highest BCUT2D eigenvalue weighted by atomic mass is 32.2. The van der Waals surface area contributed by atoms with E-state index in [-0.39, 0.29) is 29.1 Å². The van der Waals surface area contributed by atoms with Gasteiger partial charge in [0.15, 0.2) is 0 Å². The van der Waals surface area contributed by atoms with Gasteiger partial charge in [0, 0.05) is 12.1 Å². The number of rotatable bonds is 5. The van der Waals surface area contributed by atoms with Gasteiger partial charge in [0.05, 0.1) is 11.4 Å². The molecule has 0 aliphatic rings. The average Bonchev–Trinajstić information content (AvgIpc) is 2.92. The number of H-pyrrole nitrogens is 1. The number of benzene rings is 1. The second-order valence-corrected chi connectivity index (χ2v) is 5.94. The molecule has 108 valence electrons. The molecule has 0 aliphatic carbocycles. The summed E-state index contributed by atoms with van der Waals surface area (Å²) >= 11 is 0. The van der Waals surface area contributed by atoms with Gasteiger partial charge in [-0.2, -0.15) is 5.10 Å². The van der Waals surface area contributed by atoms with Crippen molar-refractivity contribution >= 4 is 10.0 Å². The van der Waals surface area contributed by atoms with Crippen molar-refractivity contribution in [2.45, 2.75) is 24.9 Å². The number of sulfonamides is 1. The van der Waals surface area contributed by atoms with Crippen LogP contribution < -0.4 is 10.5 Å². The molecule has 4 N–H and O–H groups in total. The van der Waals surface area contributed by atoms with Gasteiger partial charge in [-0.1, -0.05) is 0 Å². The first-order valence-corrected chi connectivity index (χ1v) is 7.25. The summed E-state index contributed by atoms with van der Waals surface area (Å²) in [6, 6.07) is 2.49. The van der Waals surface area contributed by atoms with Crippen molar-refractivity contribution in [2.24, 2.45) is 5.73 Å². The Hall–Kier alpha value is -1.84. The van der Waals surface area contributed by atoms with Crippen LogP contribution in [0.25, 0.3) is 0 Å². The lowest BCUT2D eigenvalue weighted by atomic mass is 10.1. The maximum atomic E-state index is 13.7. The summed E-state index contributed by atoms with van der Waals surface area (Å²) in [6.45, 7) is 1.39. The quantitative estimate of drug-likeness (QED) is 0.729. The summed E-state index contributed by atoms with van der Waals surface area (Å²) in [6.07, 6.45) is 1.28. The fourth-order valence-electron chi connectivity index (χ4n) is 1.67. The summed E-state index contributed by atoms with van der Waals surface area (Å²) in [5.41, 5.74) is 5.79. The van der Waals surface area contributed by atoms with Gasteiger partial charge in [0.25, 0.3) is 0 Å². The molecule has 0 amide bonds. The van der Waals surface area contributed by atoms with Crippen molar-refractivity contribution in [1.29, 1.82) is 0 Å². The van der Waals surface area contributed by atoms with Gasteiger partial charge < -0.3 is 5.73 Å². The molecule has 0 bridgehead atoms. The van der Waals surface area contributed by atoms with Crippen LogP contribution >= 0.6 is 0 Å². The van der Waals surface area contributed by atoms with E-state index >= 15 is 0 Å². The Balaban J connectivity index is 2.27. The molecular formula is C11H14FN5O2S. The molecule has 0 spiro atoms. The molecule has 0 aliphatic heterocycles. The van der Waals surface area contributed by atoms with Crippen molar-refractivity contribution in [1.82, 2.24) is 19.9 Å². The number of nitrogens with one attached hydrogen (secondary N) is 2. The molecule has 0 saturated carbocycles. The summed E-state index contributed by atoms with van der Waals surface area (Å²) in [7, 11) is -3.77. The zero-order valence-electron chi connectivity index (χ0n) is 10.7. The van der Waals surface area contributed by atoms with E-state index in [2.05, 4.69) is 19.9 Å². The van der Waals surface area contributed by atoms with Gasteiger partial charge in [-0.05, 0) is 24.6 Å². The number of aryl methyl sites for hydroxylation is 1. The second kappa shape index (κ2) is 5.65. The van der Waals surface area contributed by atoms with Crippen molar-refractivity contribution in [3.05, 3.63) is 41.2 Å². The highest BCUT2D eigenvalue weighted by Crippen LogP contribution is 2.19. The smallest absolute Gasteiger partial charge is 0.240 e. The Kier molecular flexibility index (Phi) is 4.12. The highest BCUT2D eigenvalue weighted by molar-refractivity contribution is 7.89. The topological polar surface area (TPSA) is 114 Å². The maximum absolute atomic E-state index is 13.7. The molecule has 7 nitrogen and oxygen atoms in total. The van der Waals surface area contributed by atoms with Crippen molar-refractivity contribution in [2.75, 3.05) is 0 Å². The first kappa shape index (κ1) is 14.6. The predicted molar refractivity (Wildman–Crippen MR) is 69.4 cm³/mol. The van der Waals surface area contributed by atoms with Gasteiger partial charge in [-0.3, -0.25) is 5.10 Å². The van der Waals surface area contributed by atoms with Crippen molar-refractivity contribution in [3.63, 3.8) is 0 Å². The van der Waals surface area contributed by atoms with Gasteiger partial charge in [-0.15, -0.1) is 0 Å². The lowest BCUT2D eigenvalue weighted by molar-refractivity contribution is 0.576. The Morgan fingerprint density at radius 2 is 2.20 bits per heavy atom. The normalized spacial score (nSPS) is 11.8. The van der Waals surface area contributed by atoms with Crippen LogP contribution in [-0.2, 0) is 23.1 Å². The number of hydrogen-bond acceptors (Lipinski definition) is 5. The van der Waals surface area contributed by atoms with Gasteiger partial charge in [-0.25, -0.2) is 22.5 Å². The standard InChI is InChI=1S/C11H14FN5O2S/c1-7-2-9(3-8(4-13)11(7)12)20(18,19)16-5-10-14-6-15-17-10/h2-3,6,16H,4-5,13H2,1H3,(H,14,15,17).